The first-order valence-electron chi connectivity index (χ1n) is 7.04. The Kier molecular flexibility index (Phi) is 5.43. The lowest BCUT2D eigenvalue weighted by Crippen LogP contribution is -2.34. The highest BCUT2D eigenvalue weighted by atomic mass is 35.5. The summed E-state index contributed by atoms with van der Waals surface area (Å²) in [7, 11) is -3.50. The summed E-state index contributed by atoms with van der Waals surface area (Å²) < 4.78 is 26.9. The van der Waals surface area contributed by atoms with Crippen molar-refractivity contribution >= 4 is 21.6 Å². The van der Waals surface area contributed by atoms with Crippen LogP contribution in [0.5, 0.6) is 0 Å². The first-order valence-corrected chi connectivity index (χ1v) is 8.86. The van der Waals surface area contributed by atoms with Gasteiger partial charge in [-0.15, -0.1) is 0 Å². The fourth-order valence-electron chi connectivity index (χ4n) is 2.48. The summed E-state index contributed by atoms with van der Waals surface area (Å²) in [5.74, 6) is 0. The molecule has 2 N–H and O–H groups in total. The lowest BCUT2D eigenvalue weighted by atomic mass is 10.1. The summed E-state index contributed by atoms with van der Waals surface area (Å²) in [6, 6.07) is 4.93. The van der Waals surface area contributed by atoms with Crippen molar-refractivity contribution in [1.82, 2.24) is 4.31 Å². The molecule has 0 atom stereocenters. The number of nitrogens with two attached hydrogens (primary N) is 1. The number of hydrogen-bond donors (Lipinski definition) is 1. The van der Waals surface area contributed by atoms with Crippen molar-refractivity contribution in [2.75, 3.05) is 13.1 Å². The highest BCUT2D eigenvalue weighted by Gasteiger charge is 2.26. The van der Waals surface area contributed by atoms with E-state index >= 15 is 0 Å². The number of benzene rings is 1. The Morgan fingerprint density at radius 3 is 2.25 bits per heavy atom. The predicted octanol–water partition coefficient (Wildman–Crippen LogP) is 2.75. The van der Waals surface area contributed by atoms with Crippen LogP contribution in [-0.4, -0.2) is 25.8 Å². The Morgan fingerprint density at radius 1 is 1.10 bits per heavy atom. The molecule has 0 saturated carbocycles. The van der Waals surface area contributed by atoms with Gasteiger partial charge in [-0.3, -0.25) is 0 Å². The summed E-state index contributed by atoms with van der Waals surface area (Å²) >= 11 is 6.12. The molecule has 0 aliphatic carbocycles. The van der Waals surface area contributed by atoms with Crippen molar-refractivity contribution in [2.45, 2.75) is 43.5 Å². The molecular weight excluding hydrogens is 296 g/mol. The number of halogens is 1. The second-order valence-electron chi connectivity index (χ2n) is 5.14. The zero-order valence-electron chi connectivity index (χ0n) is 11.5. The minimum Gasteiger partial charge on any atom is -0.326 e. The Balaban J connectivity index is 2.28. The topological polar surface area (TPSA) is 63.4 Å². The summed E-state index contributed by atoms with van der Waals surface area (Å²) in [6.45, 7) is 1.51. The highest BCUT2D eigenvalue weighted by molar-refractivity contribution is 7.89. The molecule has 2 rings (SSSR count). The van der Waals surface area contributed by atoms with Gasteiger partial charge in [-0.1, -0.05) is 36.9 Å². The van der Waals surface area contributed by atoms with Crippen LogP contribution in [-0.2, 0) is 16.6 Å². The molecule has 1 aromatic carbocycles. The van der Waals surface area contributed by atoms with Gasteiger partial charge in [0.05, 0.1) is 5.02 Å². The molecule has 20 heavy (non-hydrogen) atoms. The first-order chi connectivity index (χ1) is 9.55. The maximum atomic E-state index is 12.7. The predicted molar refractivity (Wildman–Crippen MR) is 81.2 cm³/mol. The molecule has 0 amide bonds. The van der Waals surface area contributed by atoms with Gasteiger partial charge in [0.25, 0.3) is 0 Å². The number of nitrogens with zero attached hydrogens (tertiary/aromatic N) is 1. The van der Waals surface area contributed by atoms with Crippen molar-refractivity contribution in [2.24, 2.45) is 5.73 Å². The quantitative estimate of drug-likeness (QED) is 0.932. The largest absolute Gasteiger partial charge is 0.326 e. The van der Waals surface area contributed by atoms with E-state index in [-0.39, 0.29) is 9.92 Å². The third-order valence-electron chi connectivity index (χ3n) is 3.66. The van der Waals surface area contributed by atoms with E-state index < -0.39 is 10.0 Å². The van der Waals surface area contributed by atoms with Crippen LogP contribution >= 0.6 is 11.6 Å². The minimum atomic E-state index is -3.50. The van der Waals surface area contributed by atoms with E-state index in [1.54, 1.807) is 22.5 Å². The van der Waals surface area contributed by atoms with Gasteiger partial charge in [-0.05, 0) is 30.5 Å². The molecule has 1 saturated heterocycles. The smallest absolute Gasteiger partial charge is 0.244 e. The lowest BCUT2D eigenvalue weighted by molar-refractivity contribution is 0.364. The molecule has 6 heteroatoms. The van der Waals surface area contributed by atoms with Gasteiger partial charge < -0.3 is 5.73 Å². The summed E-state index contributed by atoms with van der Waals surface area (Å²) in [5.41, 5.74) is 6.37. The van der Waals surface area contributed by atoms with Crippen molar-refractivity contribution in [1.29, 1.82) is 0 Å². The van der Waals surface area contributed by atoms with E-state index in [1.807, 2.05) is 0 Å². The zero-order chi connectivity index (χ0) is 14.6. The molecule has 112 valence electrons. The molecule has 1 heterocycles. The third-order valence-corrected chi connectivity index (χ3v) is 6.05. The van der Waals surface area contributed by atoms with Crippen LogP contribution < -0.4 is 5.73 Å². The van der Waals surface area contributed by atoms with Crippen LogP contribution in [0.1, 0.15) is 37.7 Å². The molecule has 0 radical (unpaired) electrons. The van der Waals surface area contributed by atoms with Gasteiger partial charge in [0.2, 0.25) is 10.0 Å². The van der Waals surface area contributed by atoms with Gasteiger partial charge in [0.1, 0.15) is 4.90 Å². The Bertz CT molecular complexity index is 552. The van der Waals surface area contributed by atoms with Crippen LogP contribution in [0, 0.1) is 0 Å². The van der Waals surface area contributed by atoms with Crippen LogP contribution in [0.3, 0.4) is 0 Å². The van der Waals surface area contributed by atoms with Crippen molar-refractivity contribution < 1.29 is 8.42 Å². The van der Waals surface area contributed by atoms with Gasteiger partial charge in [0, 0.05) is 19.6 Å². The van der Waals surface area contributed by atoms with Gasteiger partial charge in [-0.2, -0.15) is 4.31 Å². The SMILES string of the molecule is NCc1ccc(S(=O)(=O)N2CCCCCCC2)c(Cl)c1. The van der Waals surface area contributed by atoms with E-state index in [4.69, 9.17) is 17.3 Å². The molecule has 1 fully saturated rings. The Hall–Kier alpha value is -0.620. The van der Waals surface area contributed by atoms with E-state index in [0.717, 1.165) is 31.2 Å². The van der Waals surface area contributed by atoms with Gasteiger partial charge in [-0.25, -0.2) is 8.42 Å². The average Bonchev–Trinajstić information content (AvgIpc) is 2.37. The zero-order valence-corrected chi connectivity index (χ0v) is 13.1. The normalized spacial score (nSPS) is 18.5. The van der Waals surface area contributed by atoms with Crippen LogP contribution in [0.2, 0.25) is 5.02 Å². The Morgan fingerprint density at radius 2 is 1.70 bits per heavy atom. The molecule has 0 spiro atoms. The maximum Gasteiger partial charge on any atom is 0.244 e. The molecule has 0 aromatic heterocycles. The molecule has 0 bridgehead atoms. The van der Waals surface area contributed by atoms with E-state index in [1.165, 1.54) is 6.42 Å². The second-order valence-corrected chi connectivity index (χ2v) is 7.45. The Labute approximate surface area is 126 Å². The van der Waals surface area contributed by atoms with Crippen molar-refractivity contribution in [3.63, 3.8) is 0 Å². The molecule has 1 aromatic rings. The van der Waals surface area contributed by atoms with Crippen molar-refractivity contribution in [3.8, 4) is 0 Å². The summed E-state index contributed by atoms with van der Waals surface area (Å²) in [5, 5.41) is 0.259. The molecule has 4 nitrogen and oxygen atoms in total. The number of sulfonamides is 1. The highest BCUT2D eigenvalue weighted by Crippen LogP contribution is 2.27. The van der Waals surface area contributed by atoms with E-state index in [0.29, 0.717) is 19.6 Å². The summed E-state index contributed by atoms with van der Waals surface area (Å²) in [6.07, 6.45) is 5.20. The number of hydrogen-bond acceptors (Lipinski definition) is 3. The van der Waals surface area contributed by atoms with E-state index in [9.17, 15) is 8.42 Å². The molecule has 0 unspecified atom stereocenters. The standard InChI is InChI=1S/C14H21ClN2O2S/c15-13-10-12(11-16)6-7-14(13)20(18,19)17-8-4-2-1-3-5-9-17/h6-7,10H,1-5,8-9,11,16H2. The molecule has 1 aliphatic rings. The fraction of sp³-hybridized carbons (Fsp3) is 0.571. The minimum absolute atomic E-state index is 0.192. The number of rotatable bonds is 3. The van der Waals surface area contributed by atoms with Crippen LogP contribution in [0.25, 0.3) is 0 Å². The van der Waals surface area contributed by atoms with Gasteiger partial charge in [0.15, 0.2) is 0 Å². The third kappa shape index (κ3) is 3.52. The maximum absolute atomic E-state index is 12.7. The lowest BCUT2D eigenvalue weighted by Gasteiger charge is -2.24. The summed E-state index contributed by atoms with van der Waals surface area (Å²) in [4.78, 5) is 0.192. The molecule has 1 aliphatic heterocycles. The average molecular weight is 317 g/mol. The van der Waals surface area contributed by atoms with E-state index in [2.05, 4.69) is 0 Å². The van der Waals surface area contributed by atoms with Crippen LogP contribution in [0.4, 0.5) is 0 Å². The first kappa shape index (κ1) is 15.8. The van der Waals surface area contributed by atoms with Crippen LogP contribution in [0.15, 0.2) is 23.1 Å². The second kappa shape index (κ2) is 6.89. The molecular formula is C14H21ClN2O2S. The van der Waals surface area contributed by atoms with Gasteiger partial charge >= 0.3 is 0 Å². The van der Waals surface area contributed by atoms with Crippen molar-refractivity contribution in [3.05, 3.63) is 28.8 Å². The monoisotopic (exact) mass is 316 g/mol. The fourth-order valence-corrected chi connectivity index (χ4v) is 4.54.